The maximum atomic E-state index is 12.9. The zero-order valence-corrected chi connectivity index (χ0v) is 15.1. The van der Waals surface area contributed by atoms with Gasteiger partial charge in [0.05, 0.1) is 16.4 Å². The molecule has 0 fully saturated rings. The van der Waals surface area contributed by atoms with Crippen LogP contribution in [0, 0.1) is 5.92 Å². The molecule has 2 aliphatic rings. The van der Waals surface area contributed by atoms with E-state index in [-0.39, 0.29) is 11.8 Å². The van der Waals surface area contributed by atoms with E-state index in [2.05, 4.69) is 17.3 Å². The molecule has 2 atom stereocenters. The van der Waals surface area contributed by atoms with Crippen molar-refractivity contribution in [2.75, 3.05) is 17.6 Å². The van der Waals surface area contributed by atoms with Crippen LogP contribution in [0.1, 0.15) is 53.7 Å². The highest BCUT2D eigenvalue weighted by molar-refractivity contribution is 6.33. The molecule has 0 spiro atoms. The molecule has 25 heavy (non-hydrogen) atoms. The van der Waals surface area contributed by atoms with E-state index in [4.69, 9.17) is 17.3 Å². The fourth-order valence-corrected chi connectivity index (χ4v) is 4.31. The van der Waals surface area contributed by atoms with Gasteiger partial charge in [-0.2, -0.15) is 9.78 Å². The Morgan fingerprint density at radius 1 is 1.44 bits per heavy atom. The topological polar surface area (TPSA) is 72.9 Å². The number of benzene rings is 1. The number of nitrogens with zero attached hydrogens (tertiary/aromatic N) is 2. The fourth-order valence-electron chi connectivity index (χ4n) is 4.06. The van der Waals surface area contributed by atoms with Crippen molar-refractivity contribution in [2.24, 2.45) is 5.92 Å². The Balaban J connectivity index is 1.59. The minimum atomic E-state index is -0.0302. The van der Waals surface area contributed by atoms with E-state index < -0.39 is 0 Å². The number of hydrogen-bond donors (Lipinski definition) is 2. The second-order valence-electron chi connectivity index (χ2n) is 7.28. The number of hydrogen-bond acceptors (Lipinski definition) is 4. The van der Waals surface area contributed by atoms with Crippen LogP contribution in [-0.4, -0.2) is 22.2 Å². The summed E-state index contributed by atoms with van der Waals surface area (Å²) in [6.45, 7) is 3.04. The van der Waals surface area contributed by atoms with E-state index in [1.165, 1.54) is 4.68 Å². The minimum absolute atomic E-state index is 0.0302. The third-order valence-electron chi connectivity index (χ3n) is 5.47. The van der Waals surface area contributed by atoms with Gasteiger partial charge in [0.1, 0.15) is 5.82 Å². The fraction of sp³-hybridized carbons (Fsp3) is 0.474. The van der Waals surface area contributed by atoms with E-state index in [1.807, 2.05) is 18.2 Å². The van der Waals surface area contributed by atoms with Crippen LogP contribution in [0.15, 0.2) is 18.2 Å². The maximum absolute atomic E-state index is 12.9. The van der Waals surface area contributed by atoms with Gasteiger partial charge in [-0.1, -0.05) is 30.7 Å². The number of carbonyl (C=O) groups is 1. The van der Waals surface area contributed by atoms with Crippen LogP contribution in [0.25, 0.3) is 0 Å². The van der Waals surface area contributed by atoms with E-state index in [0.717, 1.165) is 54.7 Å². The van der Waals surface area contributed by atoms with Crippen LogP contribution in [0.5, 0.6) is 0 Å². The molecule has 0 amide bonds. The summed E-state index contributed by atoms with van der Waals surface area (Å²) in [6, 6.07) is 5.86. The van der Waals surface area contributed by atoms with E-state index >= 15 is 0 Å². The first-order valence-corrected chi connectivity index (χ1v) is 9.34. The van der Waals surface area contributed by atoms with Crippen LogP contribution >= 0.6 is 11.6 Å². The second kappa shape index (κ2) is 6.37. The summed E-state index contributed by atoms with van der Waals surface area (Å²) in [5, 5.41) is 8.57. The Morgan fingerprint density at radius 2 is 2.28 bits per heavy atom. The van der Waals surface area contributed by atoms with Crippen LogP contribution in [-0.2, 0) is 12.8 Å². The molecule has 0 saturated heterocycles. The Hall–Kier alpha value is -2.01. The molecule has 2 aromatic rings. The van der Waals surface area contributed by atoms with Crippen molar-refractivity contribution in [1.29, 1.82) is 0 Å². The first-order chi connectivity index (χ1) is 12.0. The zero-order chi connectivity index (χ0) is 17.6. The molecule has 0 saturated carbocycles. The molecule has 0 bridgehead atoms. The second-order valence-corrected chi connectivity index (χ2v) is 7.69. The summed E-state index contributed by atoms with van der Waals surface area (Å²) >= 11 is 6.28. The van der Waals surface area contributed by atoms with Gasteiger partial charge >= 0.3 is 0 Å². The van der Waals surface area contributed by atoms with Gasteiger partial charge < -0.3 is 11.1 Å². The highest BCUT2D eigenvalue weighted by Gasteiger charge is 2.28. The molecule has 0 radical (unpaired) electrons. The smallest absolute Gasteiger partial charge is 0.249 e. The SMILES string of the molecule is CC1CCc2nn(C(=O)CC3CCNc4c(Cl)cccc43)c(N)c2C1. The molecule has 2 unspecified atom stereocenters. The minimum Gasteiger partial charge on any atom is -0.384 e. The molecule has 2 heterocycles. The molecule has 132 valence electrons. The lowest BCUT2D eigenvalue weighted by Crippen LogP contribution is -2.23. The van der Waals surface area contributed by atoms with E-state index in [9.17, 15) is 4.79 Å². The number of rotatable bonds is 2. The van der Waals surface area contributed by atoms with Gasteiger partial charge in [-0.3, -0.25) is 4.79 Å². The molecule has 6 heteroatoms. The Kier molecular flexibility index (Phi) is 4.20. The van der Waals surface area contributed by atoms with Crippen molar-refractivity contribution in [3.05, 3.63) is 40.0 Å². The lowest BCUT2D eigenvalue weighted by molar-refractivity contribution is 0.0878. The largest absolute Gasteiger partial charge is 0.384 e. The molecule has 1 aromatic carbocycles. The van der Waals surface area contributed by atoms with Crippen molar-refractivity contribution in [2.45, 2.75) is 44.9 Å². The summed E-state index contributed by atoms with van der Waals surface area (Å²) in [7, 11) is 0. The standard InChI is InChI=1S/C19H23ClN4O/c1-11-5-6-16-14(9-11)19(21)24(23-16)17(25)10-12-7-8-22-18-13(12)3-2-4-15(18)20/h2-4,11-12,22H,5-10,21H2,1H3. The van der Waals surface area contributed by atoms with Gasteiger partial charge in [-0.05, 0) is 49.1 Å². The lowest BCUT2D eigenvalue weighted by atomic mass is 9.88. The average Bonchev–Trinajstić information content (AvgIpc) is 2.92. The first-order valence-electron chi connectivity index (χ1n) is 8.96. The van der Waals surface area contributed by atoms with E-state index in [1.54, 1.807) is 0 Å². The molecule has 5 nitrogen and oxygen atoms in total. The number of nitrogen functional groups attached to an aromatic ring is 1. The summed E-state index contributed by atoms with van der Waals surface area (Å²) in [6.07, 6.45) is 4.23. The van der Waals surface area contributed by atoms with Gasteiger partial charge in [-0.15, -0.1) is 0 Å². The van der Waals surface area contributed by atoms with Gasteiger partial charge in [0.2, 0.25) is 5.91 Å². The number of carbonyl (C=O) groups excluding carboxylic acids is 1. The zero-order valence-electron chi connectivity index (χ0n) is 14.4. The quantitative estimate of drug-likeness (QED) is 0.854. The highest BCUT2D eigenvalue weighted by atomic mass is 35.5. The normalized spacial score (nSPS) is 22.0. The van der Waals surface area contributed by atoms with Crippen molar-refractivity contribution < 1.29 is 4.79 Å². The average molecular weight is 359 g/mol. The Labute approximate surface area is 152 Å². The van der Waals surface area contributed by atoms with Crippen molar-refractivity contribution >= 4 is 29.0 Å². The number of aromatic nitrogens is 2. The number of fused-ring (bicyclic) bond motifs is 2. The number of halogens is 1. The molecule has 1 aliphatic carbocycles. The van der Waals surface area contributed by atoms with Crippen molar-refractivity contribution in [3.63, 3.8) is 0 Å². The molecule has 1 aromatic heterocycles. The number of nitrogens with two attached hydrogens (primary N) is 1. The predicted molar refractivity (Wildman–Crippen MR) is 100 cm³/mol. The number of para-hydroxylation sites is 1. The predicted octanol–water partition coefficient (Wildman–Crippen LogP) is 3.87. The van der Waals surface area contributed by atoms with Crippen LogP contribution in [0.3, 0.4) is 0 Å². The summed E-state index contributed by atoms with van der Waals surface area (Å²) in [5.74, 6) is 1.24. The van der Waals surface area contributed by atoms with Gasteiger partial charge in [0.25, 0.3) is 0 Å². The summed E-state index contributed by atoms with van der Waals surface area (Å²) in [5.41, 5.74) is 10.4. The van der Waals surface area contributed by atoms with Crippen LogP contribution in [0.4, 0.5) is 11.5 Å². The third kappa shape index (κ3) is 2.91. The Bertz CT molecular complexity index is 829. The third-order valence-corrected chi connectivity index (χ3v) is 5.79. The van der Waals surface area contributed by atoms with Crippen LogP contribution < -0.4 is 11.1 Å². The first kappa shape index (κ1) is 16.5. The van der Waals surface area contributed by atoms with Crippen molar-refractivity contribution in [1.82, 2.24) is 9.78 Å². The molecular formula is C19H23ClN4O. The Morgan fingerprint density at radius 3 is 3.12 bits per heavy atom. The van der Waals surface area contributed by atoms with Gasteiger partial charge in [0, 0.05) is 18.5 Å². The van der Waals surface area contributed by atoms with Crippen LogP contribution in [0.2, 0.25) is 5.02 Å². The summed E-state index contributed by atoms with van der Waals surface area (Å²) < 4.78 is 1.44. The summed E-state index contributed by atoms with van der Waals surface area (Å²) in [4.78, 5) is 12.9. The molecule has 4 rings (SSSR count). The monoisotopic (exact) mass is 358 g/mol. The van der Waals surface area contributed by atoms with Gasteiger partial charge in [0.15, 0.2) is 0 Å². The number of nitrogens with one attached hydrogen (secondary N) is 1. The van der Waals surface area contributed by atoms with E-state index in [0.29, 0.717) is 23.2 Å². The highest BCUT2D eigenvalue weighted by Crippen LogP contribution is 2.38. The number of anilines is 2. The molecule has 3 N–H and O–H groups in total. The number of aryl methyl sites for hydroxylation is 1. The van der Waals surface area contributed by atoms with Gasteiger partial charge in [-0.25, -0.2) is 0 Å². The maximum Gasteiger partial charge on any atom is 0.249 e. The lowest BCUT2D eigenvalue weighted by Gasteiger charge is -2.27. The van der Waals surface area contributed by atoms with Crippen molar-refractivity contribution in [3.8, 4) is 0 Å². The molecule has 1 aliphatic heterocycles. The molecular weight excluding hydrogens is 336 g/mol.